The Bertz CT molecular complexity index is 404. The van der Waals surface area contributed by atoms with Crippen molar-refractivity contribution in [1.82, 2.24) is 5.32 Å². The molecule has 0 aliphatic carbocycles. The van der Waals surface area contributed by atoms with Crippen molar-refractivity contribution in [3.63, 3.8) is 0 Å². The van der Waals surface area contributed by atoms with Gasteiger partial charge in [0, 0.05) is 35.3 Å². The van der Waals surface area contributed by atoms with Gasteiger partial charge >= 0.3 is 0 Å². The normalized spacial score (nSPS) is 11.7. The largest absolute Gasteiger partial charge is 0.371 e. The summed E-state index contributed by atoms with van der Waals surface area (Å²) in [5, 5.41) is 3.60. The van der Waals surface area contributed by atoms with Crippen LogP contribution >= 0.6 is 15.9 Å². The number of rotatable bonds is 7. The Labute approximate surface area is 133 Å². The predicted octanol–water partition coefficient (Wildman–Crippen LogP) is 4.96. The van der Waals surface area contributed by atoms with E-state index >= 15 is 0 Å². The highest BCUT2D eigenvalue weighted by Gasteiger charge is 2.14. The van der Waals surface area contributed by atoms with Crippen LogP contribution in [0.15, 0.2) is 22.7 Å². The average molecular weight is 341 g/mol. The first kappa shape index (κ1) is 17.5. The van der Waals surface area contributed by atoms with E-state index in [1.54, 1.807) is 0 Å². The molecule has 0 aliphatic heterocycles. The Kier molecular flexibility index (Phi) is 7.04. The van der Waals surface area contributed by atoms with Crippen LogP contribution in [0.3, 0.4) is 0 Å². The molecule has 0 heterocycles. The Morgan fingerprint density at radius 1 is 1.10 bits per heavy atom. The number of halogens is 1. The molecule has 1 aromatic rings. The molecular weight excluding hydrogens is 312 g/mol. The zero-order valence-electron chi connectivity index (χ0n) is 13.6. The fourth-order valence-electron chi connectivity index (χ4n) is 2.26. The molecule has 0 saturated carbocycles. The van der Waals surface area contributed by atoms with Crippen LogP contribution in [0.25, 0.3) is 0 Å². The van der Waals surface area contributed by atoms with Crippen LogP contribution in [0.1, 0.15) is 53.0 Å². The SMILES string of the molecule is CCCN(CCC)c1ccc(Br)cc1CNC(C)(C)C. The second kappa shape index (κ2) is 8.04. The maximum absolute atomic E-state index is 3.60. The van der Waals surface area contributed by atoms with E-state index in [0.717, 1.165) is 24.1 Å². The highest BCUT2D eigenvalue weighted by atomic mass is 79.9. The van der Waals surface area contributed by atoms with E-state index in [9.17, 15) is 0 Å². The third kappa shape index (κ3) is 5.84. The van der Waals surface area contributed by atoms with Crippen LogP contribution in [-0.4, -0.2) is 18.6 Å². The Balaban J connectivity index is 2.98. The molecule has 0 bridgehead atoms. The third-order valence-corrected chi connectivity index (χ3v) is 3.67. The maximum atomic E-state index is 3.60. The molecule has 0 atom stereocenters. The summed E-state index contributed by atoms with van der Waals surface area (Å²) in [5.74, 6) is 0. The van der Waals surface area contributed by atoms with Crippen LogP contribution in [0.5, 0.6) is 0 Å². The number of nitrogens with one attached hydrogen (secondary N) is 1. The summed E-state index contributed by atoms with van der Waals surface area (Å²) < 4.78 is 1.15. The van der Waals surface area contributed by atoms with Gasteiger partial charge in [0.15, 0.2) is 0 Å². The van der Waals surface area contributed by atoms with Crippen LogP contribution < -0.4 is 10.2 Å². The quantitative estimate of drug-likeness (QED) is 0.754. The molecule has 2 nitrogen and oxygen atoms in total. The zero-order chi connectivity index (χ0) is 15.2. The van der Waals surface area contributed by atoms with Crippen molar-refractivity contribution in [2.24, 2.45) is 0 Å². The van der Waals surface area contributed by atoms with Gasteiger partial charge in [-0.1, -0.05) is 29.8 Å². The van der Waals surface area contributed by atoms with Gasteiger partial charge in [0.25, 0.3) is 0 Å². The van der Waals surface area contributed by atoms with Gasteiger partial charge in [0.05, 0.1) is 0 Å². The van der Waals surface area contributed by atoms with E-state index in [0.29, 0.717) is 0 Å². The van der Waals surface area contributed by atoms with Gasteiger partial charge in [0.2, 0.25) is 0 Å². The number of hydrogen-bond acceptors (Lipinski definition) is 2. The molecule has 1 N–H and O–H groups in total. The summed E-state index contributed by atoms with van der Waals surface area (Å²) >= 11 is 3.60. The molecule has 0 unspecified atom stereocenters. The van der Waals surface area contributed by atoms with Gasteiger partial charge in [-0.15, -0.1) is 0 Å². The summed E-state index contributed by atoms with van der Waals surface area (Å²) in [7, 11) is 0. The molecule has 20 heavy (non-hydrogen) atoms. The van der Waals surface area contributed by atoms with Crippen molar-refractivity contribution < 1.29 is 0 Å². The van der Waals surface area contributed by atoms with Crippen molar-refractivity contribution >= 4 is 21.6 Å². The Morgan fingerprint density at radius 3 is 2.20 bits per heavy atom. The fraction of sp³-hybridized carbons (Fsp3) is 0.647. The van der Waals surface area contributed by atoms with Crippen molar-refractivity contribution in [3.05, 3.63) is 28.2 Å². The van der Waals surface area contributed by atoms with E-state index in [1.165, 1.54) is 24.1 Å². The van der Waals surface area contributed by atoms with Crippen LogP contribution in [0.2, 0.25) is 0 Å². The molecule has 1 rings (SSSR count). The first-order valence-corrected chi connectivity index (χ1v) is 8.45. The number of nitrogens with zero attached hydrogens (tertiary/aromatic N) is 1. The van der Waals surface area contributed by atoms with Crippen molar-refractivity contribution in [3.8, 4) is 0 Å². The van der Waals surface area contributed by atoms with Gasteiger partial charge in [-0.3, -0.25) is 0 Å². The minimum atomic E-state index is 0.139. The highest BCUT2D eigenvalue weighted by molar-refractivity contribution is 9.10. The highest BCUT2D eigenvalue weighted by Crippen LogP contribution is 2.25. The molecule has 0 aromatic heterocycles. The van der Waals surface area contributed by atoms with Crippen LogP contribution in [0, 0.1) is 0 Å². The summed E-state index contributed by atoms with van der Waals surface area (Å²) in [6.45, 7) is 14.3. The van der Waals surface area contributed by atoms with Crippen molar-refractivity contribution in [2.45, 2.75) is 59.5 Å². The smallest absolute Gasteiger partial charge is 0.0412 e. The van der Waals surface area contributed by atoms with Gasteiger partial charge in [-0.25, -0.2) is 0 Å². The monoisotopic (exact) mass is 340 g/mol. The average Bonchev–Trinajstić information content (AvgIpc) is 2.35. The van der Waals surface area contributed by atoms with E-state index in [2.05, 4.69) is 79.0 Å². The molecule has 0 fully saturated rings. The Hall–Kier alpha value is -0.540. The van der Waals surface area contributed by atoms with E-state index < -0.39 is 0 Å². The molecular formula is C17H29BrN2. The molecule has 0 saturated heterocycles. The lowest BCUT2D eigenvalue weighted by Gasteiger charge is -2.28. The molecule has 0 spiro atoms. The second-order valence-corrected chi connectivity index (χ2v) is 7.28. The third-order valence-electron chi connectivity index (χ3n) is 3.18. The van der Waals surface area contributed by atoms with Gasteiger partial charge < -0.3 is 10.2 Å². The van der Waals surface area contributed by atoms with Crippen LogP contribution in [0.4, 0.5) is 5.69 Å². The molecule has 3 heteroatoms. The van der Waals surface area contributed by atoms with Crippen molar-refractivity contribution in [2.75, 3.05) is 18.0 Å². The summed E-state index contributed by atoms with van der Waals surface area (Å²) in [5.41, 5.74) is 2.88. The van der Waals surface area contributed by atoms with Gasteiger partial charge in [0.1, 0.15) is 0 Å². The molecule has 0 amide bonds. The second-order valence-electron chi connectivity index (χ2n) is 6.36. The first-order valence-electron chi connectivity index (χ1n) is 7.65. The van der Waals surface area contributed by atoms with Crippen molar-refractivity contribution in [1.29, 1.82) is 0 Å². The molecule has 1 aromatic carbocycles. The lowest BCUT2D eigenvalue weighted by Crippen LogP contribution is -2.36. The van der Waals surface area contributed by atoms with Crippen LogP contribution in [-0.2, 0) is 6.54 Å². The van der Waals surface area contributed by atoms with E-state index in [1.807, 2.05) is 0 Å². The van der Waals surface area contributed by atoms with Gasteiger partial charge in [-0.2, -0.15) is 0 Å². The topological polar surface area (TPSA) is 15.3 Å². The predicted molar refractivity (Wildman–Crippen MR) is 93.5 cm³/mol. The summed E-state index contributed by atoms with van der Waals surface area (Å²) in [4.78, 5) is 2.51. The molecule has 0 aliphatic rings. The Morgan fingerprint density at radius 2 is 1.70 bits per heavy atom. The standard InChI is InChI=1S/C17H29BrN2/c1-6-10-20(11-7-2)16-9-8-15(18)12-14(16)13-19-17(3,4)5/h8-9,12,19H,6-7,10-11,13H2,1-5H3. The molecule has 0 radical (unpaired) electrons. The van der Waals surface area contributed by atoms with Gasteiger partial charge in [-0.05, 0) is 57.4 Å². The fourth-order valence-corrected chi connectivity index (χ4v) is 2.67. The minimum absolute atomic E-state index is 0.139. The number of hydrogen-bond donors (Lipinski definition) is 1. The lowest BCUT2D eigenvalue weighted by molar-refractivity contribution is 0.424. The van der Waals surface area contributed by atoms with E-state index in [-0.39, 0.29) is 5.54 Å². The molecule has 114 valence electrons. The zero-order valence-corrected chi connectivity index (χ0v) is 15.2. The first-order chi connectivity index (χ1) is 9.37. The number of benzene rings is 1. The minimum Gasteiger partial charge on any atom is -0.371 e. The number of anilines is 1. The van der Waals surface area contributed by atoms with E-state index in [4.69, 9.17) is 0 Å². The lowest BCUT2D eigenvalue weighted by atomic mass is 10.1. The summed E-state index contributed by atoms with van der Waals surface area (Å²) in [6, 6.07) is 6.63. The summed E-state index contributed by atoms with van der Waals surface area (Å²) in [6.07, 6.45) is 2.37. The maximum Gasteiger partial charge on any atom is 0.0412 e.